The highest BCUT2D eigenvalue weighted by molar-refractivity contribution is 5.99. The molecule has 1 heterocycles. The highest BCUT2D eigenvalue weighted by Gasteiger charge is 2.19. The van der Waals surface area contributed by atoms with Gasteiger partial charge in [0, 0.05) is 13.1 Å². The first kappa shape index (κ1) is 35.9. The van der Waals surface area contributed by atoms with Gasteiger partial charge in [-0.15, -0.1) is 0 Å². The molecule has 0 spiro atoms. The van der Waals surface area contributed by atoms with Crippen LogP contribution in [0.1, 0.15) is 116 Å². The van der Waals surface area contributed by atoms with Gasteiger partial charge in [0.05, 0.1) is 5.69 Å². The highest BCUT2D eigenvalue weighted by Crippen LogP contribution is 2.28. The Morgan fingerprint density at radius 3 is 2.42 bits per heavy atom. The SMILES string of the molecule is C\C=C(/C=C\C(C)=C\CCC)Oc1ccc(N=C(N)c2nc(N(CCCCC)CC(C)CC)c(CCC)cc2C)cc1C. The third-order valence-electron chi connectivity index (χ3n) is 7.78. The molecule has 43 heavy (non-hydrogen) atoms. The van der Waals surface area contributed by atoms with E-state index in [-0.39, 0.29) is 0 Å². The number of hydrogen-bond acceptors (Lipinski definition) is 4. The summed E-state index contributed by atoms with van der Waals surface area (Å²) in [6.45, 7) is 21.5. The van der Waals surface area contributed by atoms with Gasteiger partial charge in [0.2, 0.25) is 0 Å². The molecule has 5 nitrogen and oxygen atoms in total. The van der Waals surface area contributed by atoms with Crippen LogP contribution in [0.25, 0.3) is 0 Å². The number of nitrogens with zero attached hydrogens (tertiary/aromatic N) is 3. The van der Waals surface area contributed by atoms with E-state index in [1.165, 1.54) is 30.4 Å². The molecule has 0 saturated carbocycles. The summed E-state index contributed by atoms with van der Waals surface area (Å²) >= 11 is 0. The molecule has 1 aromatic heterocycles. The van der Waals surface area contributed by atoms with Crippen LogP contribution in [0.5, 0.6) is 5.75 Å². The number of rotatable bonds is 18. The minimum Gasteiger partial charge on any atom is -0.457 e. The van der Waals surface area contributed by atoms with Gasteiger partial charge in [-0.05, 0) is 99.9 Å². The van der Waals surface area contributed by atoms with Gasteiger partial charge in [-0.1, -0.05) is 90.5 Å². The van der Waals surface area contributed by atoms with Crippen LogP contribution in [0.2, 0.25) is 0 Å². The van der Waals surface area contributed by atoms with Gasteiger partial charge in [0.25, 0.3) is 0 Å². The zero-order valence-electron chi connectivity index (χ0n) is 28.6. The van der Waals surface area contributed by atoms with E-state index >= 15 is 0 Å². The molecule has 5 heteroatoms. The van der Waals surface area contributed by atoms with E-state index in [9.17, 15) is 0 Å². The topological polar surface area (TPSA) is 63.7 Å². The minimum atomic E-state index is 0.443. The number of ether oxygens (including phenoxy) is 1. The second kappa shape index (κ2) is 19.0. The van der Waals surface area contributed by atoms with E-state index in [0.717, 1.165) is 85.0 Å². The first-order chi connectivity index (χ1) is 20.7. The van der Waals surface area contributed by atoms with Crippen LogP contribution in [-0.2, 0) is 6.42 Å². The summed E-state index contributed by atoms with van der Waals surface area (Å²) in [7, 11) is 0. The lowest BCUT2D eigenvalue weighted by molar-refractivity contribution is 0.440. The van der Waals surface area contributed by atoms with Crippen molar-refractivity contribution >= 4 is 17.3 Å². The normalized spacial score (nSPS) is 13.6. The first-order valence-electron chi connectivity index (χ1n) is 16.6. The maximum Gasteiger partial charge on any atom is 0.150 e. The number of aliphatic imine (C=N–C) groups is 1. The third kappa shape index (κ3) is 11.7. The van der Waals surface area contributed by atoms with Crippen LogP contribution >= 0.6 is 0 Å². The summed E-state index contributed by atoms with van der Waals surface area (Å²) in [5, 5.41) is 0. The number of nitrogens with two attached hydrogens (primary N) is 1. The second-order valence-corrected chi connectivity index (χ2v) is 11.9. The number of allylic oxidation sites excluding steroid dienone is 5. The summed E-state index contributed by atoms with van der Waals surface area (Å²) < 4.78 is 6.22. The fourth-order valence-corrected chi connectivity index (χ4v) is 4.97. The molecule has 1 aromatic carbocycles. The molecular weight excluding hydrogens is 528 g/mol. The monoisotopic (exact) mass is 586 g/mol. The molecule has 2 N–H and O–H groups in total. The summed E-state index contributed by atoms with van der Waals surface area (Å²) in [5.74, 6) is 3.72. The Balaban J connectivity index is 2.39. The van der Waals surface area contributed by atoms with Gasteiger partial charge in [0.1, 0.15) is 28.9 Å². The Bertz CT molecular complexity index is 1270. The predicted molar refractivity (Wildman–Crippen MR) is 188 cm³/mol. The maximum absolute atomic E-state index is 6.68. The van der Waals surface area contributed by atoms with Crippen LogP contribution in [-0.4, -0.2) is 23.9 Å². The molecule has 0 aliphatic carbocycles. The van der Waals surface area contributed by atoms with Crippen molar-refractivity contribution in [1.29, 1.82) is 0 Å². The van der Waals surface area contributed by atoms with E-state index in [0.29, 0.717) is 11.8 Å². The molecule has 0 aliphatic heterocycles. The molecule has 2 rings (SSSR count). The third-order valence-corrected chi connectivity index (χ3v) is 7.78. The number of benzene rings is 1. The van der Waals surface area contributed by atoms with Crippen molar-refractivity contribution in [2.45, 2.75) is 114 Å². The number of hydrogen-bond donors (Lipinski definition) is 1. The van der Waals surface area contributed by atoms with Crippen LogP contribution in [0.15, 0.2) is 64.9 Å². The van der Waals surface area contributed by atoms with Crippen molar-refractivity contribution < 1.29 is 4.74 Å². The lowest BCUT2D eigenvalue weighted by Crippen LogP contribution is -2.32. The van der Waals surface area contributed by atoms with Crippen LogP contribution in [0, 0.1) is 19.8 Å². The average molecular weight is 587 g/mol. The molecule has 0 amide bonds. The predicted octanol–water partition coefficient (Wildman–Crippen LogP) is 10.3. The Morgan fingerprint density at radius 2 is 1.79 bits per heavy atom. The number of pyridine rings is 1. The average Bonchev–Trinajstić information content (AvgIpc) is 2.98. The Kier molecular flexibility index (Phi) is 15.9. The van der Waals surface area contributed by atoms with E-state index in [1.807, 2.05) is 44.2 Å². The largest absolute Gasteiger partial charge is 0.457 e. The number of aromatic nitrogens is 1. The summed E-state index contributed by atoms with van der Waals surface area (Å²) in [4.78, 5) is 12.5. The van der Waals surface area contributed by atoms with Gasteiger partial charge in [-0.25, -0.2) is 9.98 Å². The molecule has 1 atom stereocenters. The van der Waals surface area contributed by atoms with Gasteiger partial charge in [0.15, 0.2) is 0 Å². The van der Waals surface area contributed by atoms with E-state index in [1.54, 1.807) is 0 Å². The molecule has 1 unspecified atom stereocenters. The lowest BCUT2D eigenvalue weighted by atomic mass is 10.0. The zero-order valence-corrected chi connectivity index (χ0v) is 28.6. The van der Waals surface area contributed by atoms with Gasteiger partial charge in [-0.2, -0.15) is 0 Å². The molecule has 2 aromatic rings. The fourth-order valence-electron chi connectivity index (χ4n) is 4.97. The van der Waals surface area contributed by atoms with E-state index in [4.69, 9.17) is 20.4 Å². The minimum absolute atomic E-state index is 0.443. The van der Waals surface area contributed by atoms with Crippen molar-refractivity contribution in [1.82, 2.24) is 4.98 Å². The Morgan fingerprint density at radius 1 is 1.02 bits per heavy atom. The lowest BCUT2D eigenvalue weighted by Gasteiger charge is -2.29. The molecule has 0 bridgehead atoms. The molecule has 0 aliphatic rings. The van der Waals surface area contributed by atoms with E-state index in [2.05, 4.69) is 71.6 Å². The standard InChI is InChI=1S/C38H58N4O/c1-10-15-17-24-42(27-28(6)13-4)38-32(18-12-3)25-31(9)36(41-38)37(39)40-33-21-23-35(30(8)26-33)43-34(14-5)22-20-29(7)19-16-11-2/h14,19-23,25-26,28H,10-13,15-18,24,27H2,1-9H3,(H2,39,40)/b22-20-,29-19+,34-14+. The second-order valence-electron chi connectivity index (χ2n) is 11.9. The zero-order chi connectivity index (χ0) is 31.8. The quantitative estimate of drug-likeness (QED) is 0.0620. The van der Waals surface area contributed by atoms with Gasteiger partial charge < -0.3 is 15.4 Å². The van der Waals surface area contributed by atoms with Crippen LogP contribution in [0.4, 0.5) is 11.5 Å². The Labute approximate surface area is 263 Å². The molecule has 0 radical (unpaired) electrons. The molecular formula is C38H58N4O. The summed E-state index contributed by atoms with van der Waals surface area (Å²) in [5.41, 5.74) is 12.8. The summed E-state index contributed by atoms with van der Waals surface area (Å²) in [6, 6.07) is 8.23. The number of aryl methyl sites for hydroxylation is 3. The molecule has 236 valence electrons. The molecule has 0 fully saturated rings. The van der Waals surface area contributed by atoms with Crippen molar-refractivity contribution in [3.05, 3.63) is 82.3 Å². The first-order valence-corrected chi connectivity index (χ1v) is 16.6. The van der Waals surface area contributed by atoms with E-state index < -0.39 is 0 Å². The van der Waals surface area contributed by atoms with Gasteiger partial charge >= 0.3 is 0 Å². The number of anilines is 1. The smallest absolute Gasteiger partial charge is 0.150 e. The summed E-state index contributed by atoms with van der Waals surface area (Å²) in [6.07, 6.45) is 17.4. The van der Waals surface area contributed by atoms with Gasteiger partial charge in [-0.3, -0.25) is 0 Å². The van der Waals surface area contributed by atoms with Crippen molar-refractivity contribution in [3.8, 4) is 5.75 Å². The molecule has 0 saturated heterocycles. The maximum atomic E-state index is 6.68. The number of amidine groups is 1. The fraction of sp³-hybridized carbons (Fsp3) is 0.526. The van der Waals surface area contributed by atoms with Crippen molar-refractivity contribution in [3.63, 3.8) is 0 Å². The van der Waals surface area contributed by atoms with Crippen molar-refractivity contribution in [2.24, 2.45) is 16.6 Å². The van der Waals surface area contributed by atoms with Crippen LogP contribution in [0.3, 0.4) is 0 Å². The van der Waals surface area contributed by atoms with Crippen molar-refractivity contribution in [2.75, 3.05) is 18.0 Å². The highest BCUT2D eigenvalue weighted by atomic mass is 16.5. The Hall–Kier alpha value is -3.34. The number of unbranched alkanes of at least 4 members (excludes halogenated alkanes) is 3. The van der Waals surface area contributed by atoms with Crippen LogP contribution < -0.4 is 15.4 Å².